The second kappa shape index (κ2) is 18.2. The zero-order valence-corrected chi connectivity index (χ0v) is 17.1. The van der Waals surface area contributed by atoms with Crippen LogP contribution in [0, 0.1) is 5.92 Å². The monoisotopic (exact) mass is 355 g/mol. The number of carboxylic acid groups (broad SMARTS) is 1. The minimum Gasteiger partial charge on any atom is -0.480 e. The first-order chi connectivity index (χ1) is 12.1. The summed E-state index contributed by atoms with van der Waals surface area (Å²) in [5.74, 6) is -0.784. The van der Waals surface area contributed by atoms with Gasteiger partial charge in [0, 0.05) is 0 Å². The average molecular weight is 356 g/mol. The highest BCUT2D eigenvalue weighted by Crippen LogP contribution is 2.16. The predicted octanol–water partition coefficient (Wildman–Crippen LogP) is 6.69. The molecule has 150 valence electrons. The van der Waals surface area contributed by atoms with Crippen LogP contribution in [0.15, 0.2) is 0 Å². The van der Waals surface area contributed by atoms with Crippen LogP contribution in [0.4, 0.5) is 0 Å². The zero-order valence-electron chi connectivity index (χ0n) is 17.1. The van der Waals surface area contributed by atoms with E-state index in [-0.39, 0.29) is 5.92 Å². The van der Waals surface area contributed by atoms with Gasteiger partial charge in [-0.25, -0.2) is 0 Å². The van der Waals surface area contributed by atoms with Gasteiger partial charge >= 0.3 is 5.97 Å². The molecule has 0 rings (SSSR count). The topological polar surface area (TPSA) is 63.3 Å². The molecular formula is C22H45NO2. The van der Waals surface area contributed by atoms with Crippen molar-refractivity contribution in [3.63, 3.8) is 0 Å². The van der Waals surface area contributed by atoms with Crippen LogP contribution in [0.3, 0.4) is 0 Å². The van der Waals surface area contributed by atoms with Crippen LogP contribution in [-0.2, 0) is 4.79 Å². The maximum atomic E-state index is 10.8. The Morgan fingerprint density at radius 3 is 1.36 bits per heavy atom. The van der Waals surface area contributed by atoms with Crippen molar-refractivity contribution in [2.45, 2.75) is 129 Å². The summed E-state index contributed by atoms with van der Waals surface area (Å²) in [4.78, 5) is 10.8. The lowest BCUT2D eigenvalue weighted by Gasteiger charge is -2.15. The third-order valence-corrected chi connectivity index (χ3v) is 5.41. The predicted molar refractivity (Wildman–Crippen MR) is 109 cm³/mol. The first-order valence-corrected chi connectivity index (χ1v) is 11.1. The number of rotatable bonds is 19. The van der Waals surface area contributed by atoms with Crippen molar-refractivity contribution < 1.29 is 9.90 Å². The van der Waals surface area contributed by atoms with Crippen molar-refractivity contribution in [1.82, 2.24) is 0 Å². The number of carbonyl (C=O) groups is 1. The Labute approximate surface area is 157 Å². The van der Waals surface area contributed by atoms with Gasteiger partial charge in [-0.15, -0.1) is 0 Å². The van der Waals surface area contributed by atoms with Crippen molar-refractivity contribution in [1.29, 1.82) is 0 Å². The fourth-order valence-electron chi connectivity index (χ4n) is 3.44. The summed E-state index contributed by atoms with van der Waals surface area (Å²) in [6, 6.07) is -0.698. The first kappa shape index (κ1) is 24.4. The third-order valence-electron chi connectivity index (χ3n) is 5.41. The van der Waals surface area contributed by atoms with Gasteiger partial charge in [0.1, 0.15) is 6.04 Å². The molecule has 0 fully saturated rings. The second-order valence-corrected chi connectivity index (χ2v) is 7.93. The van der Waals surface area contributed by atoms with Gasteiger partial charge in [0.15, 0.2) is 0 Å². The second-order valence-electron chi connectivity index (χ2n) is 7.93. The van der Waals surface area contributed by atoms with Crippen LogP contribution in [0.5, 0.6) is 0 Å². The van der Waals surface area contributed by atoms with Crippen LogP contribution < -0.4 is 5.73 Å². The Bertz CT molecular complexity index is 294. The van der Waals surface area contributed by atoms with Gasteiger partial charge in [0.05, 0.1) is 0 Å². The van der Waals surface area contributed by atoms with Crippen molar-refractivity contribution in [2.75, 3.05) is 0 Å². The van der Waals surface area contributed by atoms with Gasteiger partial charge in [-0.2, -0.15) is 0 Å². The Kier molecular flexibility index (Phi) is 17.8. The SMILES string of the molecule is CCCCCCCCCCCCCCCCCC[C@H](C)[C@H](N)C(=O)O. The van der Waals surface area contributed by atoms with Gasteiger partial charge in [-0.1, -0.05) is 117 Å². The van der Waals surface area contributed by atoms with E-state index >= 15 is 0 Å². The minimum absolute atomic E-state index is 0.0872. The fourth-order valence-corrected chi connectivity index (χ4v) is 3.44. The molecule has 0 aliphatic heterocycles. The number of hydrogen-bond donors (Lipinski definition) is 2. The van der Waals surface area contributed by atoms with E-state index in [9.17, 15) is 4.79 Å². The van der Waals surface area contributed by atoms with Gasteiger partial charge in [-0.05, 0) is 12.3 Å². The van der Waals surface area contributed by atoms with Crippen molar-refractivity contribution >= 4 is 5.97 Å². The summed E-state index contributed by atoms with van der Waals surface area (Å²) in [5, 5.41) is 8.86. The maximum absolute atomic E-state index is 10.8. The van der Waals surface area contributed by atoms with Gasteiger partial charge in [0.25, 0.3) is 0 Å². The third kappa shape index (κ3) is 16.6. The van der Waals surface area contributed by atoms with E-state index in [1.54, 1.807) is 0 Å². The summed E-state index contributed by atoms with van der Waals surface area (Å²) < 4.78 is 0. The Balaban J connectivity index is 3.15. The van der Waals surface area contributed by atoms with Crippen LogP contribution in [0.25, 0.3) is 0 Å². The molecule has 2 atom stereocenters. The fraction of sp³-hybridized carbons (Fsp3) is 0.955. The molecule has 0 unspecified atom stereocenters. The molecule has 0 amide bonds. The quantitative estimate of drug-likeness (QED) is 0.254. The normalized spacial score (nSPS) is 13.7. The minimum atomic E-state index is -0.871. The lowest BCUT2D eigenvalue weighted by Crippen LogP contribution is -2.36. The van der Waals surface area contributed by atoms with E-state index in [1.807, 2.05) is 6.92 Å². The van der Waals surface area contributed by atoms with E-state index in [0.717, 1.165) is 12.8 Å². The van der Waals surface area contributed by atoms with Gasteiger partial charge in [-0.3, -0.25) is 4.79 Å². The van der Waals surface area contributed by atoms with Gasteiger partial charge in [0.2, 0.25) is 0 Å². The smallest absolute Gasteiger partial charge is 0.320 e. The molecule has 0 aromatic heterocycles. The molecule has 0 heterocycles. The number of carboxylic acids is 1. The molecule has 3 N–H and O–H groups in total. The van der Waals surface area contributed by atoms with Crippen LogP contribution in [0.2, 0.25) is 0 Å². The molecule has 0 spiro atoms. The van der Waals surface area contributed by atoms with E-state index in [1.165, 1.54) is 96.3 Å². The Morgan fingerprint density at radius 1 is 0.720 bits per heavy atom. The van der Waals surface area contributed by atoms with Crippen molar-refractivity contribution in [3.8, 4) is 0 Å². The van der Waals surface area contributed by atoms with E-state index < -0.39 is 12.0 Å². The zero-order chi connectivity index (χ0) is 18.8. The molecule has 0 aliphatic rings. The standard InChI is InChI=1S/C22H45NO2/c1-3-4-5-6-7-8-9-10-11-12-13-14-15-16-17-18-19-20(2)21(23)22(24)25/h20-21H,3-19,23H2,1-2H3,(H,24,25)/t20-,21-/m0/s1. The molecule has 3 nitrogen and oxygen atoms in total. The van der Waals surface area contributed by atoms with Crippen LogP contribution in [-0.4, -0.2) is 17.1 Å². The molecule has 0 aromatic rings. The number of aliphatic carboxylic acids is 1. The largest absolute Gasteiger partial charge is 0.480 e. The molecule has 0 saturated carbocycles. The molecule has 0 saturated heterocycles. The van der Waals surface area contributed by atoms with Crippen LogP contribution >= 0.6 is 0 Å². The van der Waals surface area contributed by atoms with E-state index in [4.69, 9.17) is 10.8 Å². The summed E-state index contributed by atoms with van der Waals surface area (Å²) in [5.41, 5.74) is 5.63. The number of unbranched alkanes of at least 4 members (excludes halogenated alkanes) is 15. The Morgan fingerprint density at radius 2 is 1.04 bits per heavy atom. The maximum Gasteiger partial charge on any atom is 0.320 e. The van der Waals surface area contributed by atoms with Crippen molar-refractivity contribution in [3.05, 3.63) is 0 Å². The molecule has 0 radical (unpaired) electrons. The lowest BCUT2D eigenvalue weighted by molar-refractivity contribution is -0.139. The molecule has 0 bridgehead atoms. The molecule has 25 heavy (non-hydrogen) atoms. The molecule has 0 aliphatic carbocycles. The Hall–Kier alpha value is -0.570. The summed E-state index contributed by atoms with van der Waals surface area (Å²) in [6.45, 7) is 4.22. The number of hydrogen-bond acceptors (Lipinski definition) is 2. The summed E-state index contributed by atoms with van der Waals surface area (Å²) in [6.07, 6.45) is 22.8. The first-order valence-electron chi connectivity index (χ1n) is 11.1. The highest BCUT2D eigenvalue weighted by molar-refractivity contribution is 5.73. The molecular weight excluding hydrogens is 310 g/mol. The highest BCUT2D eigenvalue weighted by Gasteiger charge is 2.18. The van der Waals surface area contributed by atoms with Crippen LogP contribution in [0.1, 0.15) is 123 Å². The van der Waals surface area contributed by atoms with E-state index in [2.05, 4.69) is 6.92 Å². The average Bonchev–Trinajstić information content (AvgIpc) is 2.60. The van der Waals surface area contributed by atoms with Crippen molar-refractivity contribution in [2.24, 2.45) is 11.7 Å². The highest BCUT2D eigenvalue weighted by atomic mass is 16.4. The molecule has 0 aromatic carbocycles. The van der Waals surface area contributed by atoms with Gasteiger partial charge < -0.3 is 10.8 Å². The molecule has 3 heteroatoms. The van der Waals surface area contributed by atoms with E-state index in [0.29, 0.717) is 0 Å². The summed E-state index contributed by atoms with van der Waals surface area (Å²) >= 11 is 0. The number of nitrogens with two attached hydrogens (primary N) is 1. The summed E-state index contributed by atoms with van der Waals surface area (Å²) in [7, 11) is 0. The lowest BCUT2D eigenvalue weighted by atomic mass is 9.95.